The van der Waals surface area contributed by atoms with Gasteiger partial charge in [0.15, 0.2) is 0 Å². The fourth-order valence-electron chi connectivity index (χ4n) is 1.93. The van der Waals surface area contributed by atoms with Crippen LogP contribution < -0.4 is 4.74 Å². The Hall–Kier alpha value is -2.36. The Morgan fingerprint density at radius 1 is 1.10 bits per heavy atom. The van der Waals surface area contributed by atoms with Crippen molar-refractivity contribution in [2.24, 2.45) is 5.41 Å². The Morgan fingerprint density at radius 3 is 2.29 bits per heavy atom. The van der Waals surface area contributed by atoms with Crippen molar-refractivity contribution in [1.82, 2.24) is 0 Å². The zero-order valence-electron chi connectivity index (χ0n) is 12.3. The SMILES string of the molecule is CCC(C)(C)C(=O)Oc1ccc(C(=O)O)c2ccccc12. The zero-order chi connectivity index (χ0) is 15.6. The first kappa shape index (κ1) is 15.0. The quantitative estimate of drug-likeness (QED) is 0.684. The van der Waals surface area contributed by atoms with Crippen LogP contribution in [0.2, 0.25) is 0 Å². The van der Waals surface area contributed by atoms with Crippen LogP contribution in [0.25, 0.3) is 10.8 Å². The van der Waals surface area contributed by atoms with E-state index in [4.69, 9.17) is 4.74 Å². The molecule has 110 valence electrons. The number of rotatable bonds is 4. The van der Waals surface area contributed by atoms with E-state index in [1.165, 1.54) is 12.1 Å². The number of carbonyl (C=O) groups excluding carboxylic acids is 1. The van der Waals surface area contributed by atoms with Crippen molar-refractivity contribution < 1.29 is 19.4 Å². The smallest absolute Gasteiger partial charge is 0.336 e. The van der Waals surface area contributed by atoms with Crippen molar-refractivity contribution in [3.8, 4) is 5.75 Å². The monoisotopic (exact) mass is 286 g/mol. The number of ether oxygens (including phenoxy) is 1. The lowest BCUT2D eigenvalue weighted by atomic mass is 9.90. The van der Waals surface area contributed by atoms with Crippen molar-refractivity contribution in [1.29, 1.82) is 0 Å². The van der Waals surface area contributed by atoms with Crippen LogP contribution in [-0.4, -0.2) is 17.0 Å². The highest BCUT2D eigenvalue weighted by atomic mass is 16.5. The van der Waals surface area contributed by atoms with Crippen LogP contribution >= 0.6 is 0 Å². The minimum atomic E-state index is -1.00. The Labute approximate surface area is 123 Å². The molecule has 21 heavy (non-hydrogen) atoms. The maximum atomic E-state index is 12.2. The second-order valence-corrected chi connectivity index (χ2v) is 5.59. The minimum Gasteiger partial charge on any atom is -0.478 e. The second kappa shape index (κ2) is 5.56. The summed E-state index contributed by atoms with van der Waals surface area (Å²) >= 11 is 0. The first-order valence-electron chi connectivity index (χ1n) is 6.84. The lowest BCUT2D eigenvalue weighted by molar-refractivity contribution is -0.144. The highest BCUT2D eigenvalue weighted by molar-refractivity contribution is 6.06. The van der Waals surface area contributed by atoms with E-state index < -0.39 is 11.4 Å². The van der Waals surface area contributed by atoms with E-state index >= 15 is 0 Å². The van der Waals surface area contributed by atoms with Crippen molar-refractivity contribution in [2.45, 2.75) is 27.2 Å². The summed E-state index contributed by atoms with van der Waals surface area (Å²) in [5.41, 5.74) is -0.382. The number of benzene rings is 2. The molecule has 4 heteroatoms. The van der Waals surface area contributed by atoms with Gasteiger partial charge in [-0.2, -0.15) is 0 Å². The molecule has 0 aromatic heterocycles. The van der Waals surface area contributed by atoms with Gasteiger partial charge < -0.3 is 9.84 Å². The van der Waals surface area contributed by atoms with Crippen LogP contribution in [-0.2, 0) is 4.79 Å². The first-order chi connectivity index (χ1) is 9.86. The van der Waals surface area contributed by atoms with E-state index in [1.807, 2.05) is 20.8 Å². The van der Waals surface area contributed by atoms with Crippen molar-refractivity contribution in [2.75, 3.05) is 0 Å². The van der Waals surface area contributed by atoms with Gasteiger partial charge in [-0.05, 0) is 37.8 Å². The van der Waals surface area contributed by atoms with E-state index in [-0.39, 0.29) is 11.5 Å². The molecule has 0 spiro atoms. The van der Waals surface area contributed by atoms with Gasteiger partial charge in [-0.25, -0.2) is 4.79 Å². The normalized spacial score (nSPS) is 11.4. The first-order valence-corrected chi connectivity index (χ1v) is 6.84. The molecule has 0 aliphatic carbocycles. The van der Waals surface area contributed by atoms with E-state index in [0.717, 1.165) is 0 Å². The number of carbonyl (C=O) groups is 2. The summed E-state index contributed by atoms with van der Waals surface area (Å²) < 4.78 is 5.49. The molecule has 0 saturated carbocycles. The predicted molar refractivity (Wildman–Crippen MR) is 80.6 cm³/mol. The number of hydrogen-bond donors (Lipinski definition) is 1. The summed E-state index contributed by atoms with van der Waals surface area (Å²) in [6, 6.07) is 10.0. The van der Waals surface area contributed by atoms with E-state index in [1.54, 1.807) is 24.3 Å². The summed E-state index contributed by atoms with van der Waals surface area (Å²) in [4.78, 5) is 23.4. The summed E-state index contributed by atoms with van der Waals surface area (Å²) in [5, 5.41) is 10.4. The fraction of sp³-hybridized carbons (Fsp3) is 0.294. The van der Waals surface area contributed by atoms with Gasteiger partial charge >= 0.3 is 11.9 Å². The summed E-state index contributed by atoms with van der Waals surface area (Å²) in [6.45, 7) is 5.57. The van der Waals surface area contributed by atoms with Crippen molar-refractivity contribution >= 4 is 22.7 Å². The average Bonchev–Trinajstić information content (AvgIpc) is 2.47. The molecule has 2 aromatic carbocycles. The summed E-state index contributed by atoms with van der Waals surface area (Å²) in [6.07, 6.45) is 0.664. The Kier molecular flexibility index (Phi) is 3.98. The molecule has 0 radical (unpaired) electrons. The third kappa shape index (κ3) is 2.89. The summed E-state index contributed by atoms with van der Waals surface area (Å²) in [5.74, 6) is -0.932. The zero-order valence-corrected chi connectivity index (χ0v) is 12.3. The van der Waals surface area contributed by atoms with Crippen LogP contribution in [0.5, 0.6) is 5.75 Å². The van der Waals surface area contributed by atoms with E-state index in [9.17, 15) is 14.7 Å². The van der Waals surface area contributed by atoms with Gasteiger partial charge in [-0.1, -0.05) is 31.2 Å². The van der Waals surface area contributed by atoms with Gasteiger partial charge in [0.2, 0.25) is 0 Å². The van der Waals surface area contributed by atoms with E-state index in [0.29, 0.717) is 22.9 Å². The highest BCUT2D eigenvalue weighted by Crippen LogP contribution is 2.31. The van der Waals surface area contributed by atoms with Gasteiger partial charge in [-0.3, -0.25) is 4.79 Å². The lowest BCUT2D eigenvalue weighted by Gasteiger charge is -2.20. The van der Waals surface area contributed by atoms with Crippen LogP contribution in [0.3, 0.4) is 0 Å². The van der Waals surface area contributed by atoms with Gasteiger partial charge in [0.25, 0.3) is 0 Å². The topological polar surface area (TPSA) is 63.6 Å². The van der Waals surface area contributed by atoms with Crippen LogP contribution in [0.4, 0.5) is 0 Å². The molecule has 0 aliphatic rings. The van der Waals surface area contributed by atoms with Crippen LogP contribution in [0.15, 0.2) is 36.4 Å². The van der Waals surface area contributed by atoms with Gasteiger partial charge in [-0.15, -0.1) is 0 Å². The molecule has 2 aromatic rings. The molecule has 0 saturated heterocycles. The lowest BCUT2D eigenvalue weighted by Crippen LogP contribution is -2.28. The van der Waals surface area contributed by atoms with Crippen molar-refractivity contribution in [3.05, 3.63) is 42.0 Å². The van der Waals surface area contributed by atoms with E-state index in [2.05, 4.69) is 0 Å². The molecule has 2 rings (SSSR count). The number of fused-ring (bicyclic) bond motifs is 1. The maximum absolute atomic E-state index is 12.2. The molecule has 0 heterocycles. The molecule has 0 atom stereocenters. The third-order valence-electron chi connectivity index (χ3n) is 3.75. The second-order valence-electron chi connectivity index (χ2n) is 5.59. The largest absolute Gasteiger partial charge is 0.478 e. The molecule has 0 bridgehead atoms. The predicted octanol–water partition coefficient (Wildman–Crippen LogP) is 3.88. The molecular formula is C17H18O4. The average molecular weight is 286 g/mol. The molecule has 0 unspecified atom stereocenters. The molecule has 0 fully saturated rings. The standard InChI is InChI=1S/C17H18O4/c1-4-17(2,3)16(20)21-14-10-9-13(15(18)19)11-7-5-6-8-12(11)14/h5-10H,4H2,1-3H3,(H,18,19). The van der Waals surface area contributed by atoms with Crippen LogP contribution in [0, 0.1) is 5.41 Å². The number of carboxylic acids is 1. The van der Waals surface area contributed by atoms with Crippen LogP contribution in [0.1, 0.15) is 37.6 Å². The Balaban J connectivity index is 2.50. The van der Waals surface area contributed by atoms with Gasteiger partial charge in [0.1, 0.15) is 5.75 Å². The Morgan fingerprint density at radius 2 is 1.71 bits per heavy atom. The number of aromatic carboxylic acids is 1. The number of hydrogen-bond acceptors (Lipinski definition) is 3. The minimum absolute atomic E-state index is 0.195. The molecule has 0 aliphatic heterocycles. The fourth-order valence-corrected chi connectivity index (χ4v) is 1.93. The molecule has 0 amide bonds. The Bertz CT molecular complexity index is 701. The number of esters is 1. The molecule has 1 N–H and O–H groups in total. The molecule has 4 nitrogen and oxygen atoms in total. The maximum Gasteiger partial charge on any atom is 0.336 e. The highest BCUT2D eigenvalue weighted by Gasteiger charge is 2.28. The summed E-state index contributed by atoms with van der Waals surface area (Å²) in [7, 11) is 0. The van der Waals surface area contributed by atoms with Gasteiger partial charge in [0.05, 0.1) is 11.0 Å². The van der Waals surface area contributed by atoms with Crippen molar-refractivity contribution in [3.63, 3.8) is 0 Å². The molecular weight excluding hydrogens is 268 g/mol. The number of carboxylic acid groups (broad SMARTS) is 1. The third-order valence-corrected chi connectivity index (χ3v) is 3.75. The van der Waals surface area contributed by atoms with Gasteiger partial charge in [0, 0.05) is 5.39 Å².